The predicted molar refractivity (Wildman–Crippen MR) is 55.4 cm³/mol. The number of aromatic nitrogens is 1. The maximum Gasteiger partial charge on any atom is 0.574 e. The van der Waals surface area contributed by atoms with Crippen LogP contribution in [0.1, 0.15) is 15.9 Å². The summed E-state index contributed by atoms with van der Waals surface area (Å²) in [4.78, 5) is 13.9. The van der Waals surface area contributed by atoms with Crippen molar-refractivity contribution < 1.29 is 32.2 Å². The third-order valence-electron chi connectivity index (χ3n) is 1.60. The SMILES string of the molecule is O=C(O)c1cc(CF)c(OC(F)(F)F)nc1I. The van der Waals surface area contributed by atoms with E-state index in [0.717, 1.165) is 6.07 Å². The van der Waals surface area contributed by atoms with Crippen LogP contribution in [0.3, 0.4) is 0 Å². The highest BCUT2D eigenvalue weighted by Gasteiger charge is 2.33. The molecule has 0 saturated heterocycles. The van der Waals surface area contributed by atoms with Crippen molar-refractivity contribution in [2.24, 2.45) is 0 Å². The zero-order valence-electron chi connectivity index (χ0n) is 7.89. The summed E-state index contributed by atoms with van der Waals surface area (Å²) in [5.74, 6) is -2.38. The lowest BCUT2D eigenvalue weighted by molar-refractivity contribution is -0.276. The number of carbonyl (C=O) groups is 1. The van der Waals surface area contributed by atoms with Crippen molar-refractivity contribution in [1.29, 1.82) is 0 Å². The molecule has 0 unspecified atom stereocenters. The van der Waals surface area contributed by atoms with Crippen LogP contribution in [0.4, 0.5) is 17.6 Å². The van der Waals surface area contributed by atoms with E-state index in [1.54, 1.807) is 0 Å². The van der Waals surface area contributed by atoms with Gasteiger partial charge in [0, 0.05) is 5.56 Å². The van der Waals surface area contributed by atoms with Crippen LogP contribution in [-0.2, 0) is 6.67 Å². The maximum absolute atomic E-state index is 12.5. The molecular weight excluding hydrogens is 361 g/mol. The van der Waals surface area contributed by atoms with Crippen LogP contribution in [-0.4, -0.2) is 22.4 Å². The van der Waals surface area contributed by atoms with Gasteiger partial charge in [0.2, 0.25) is 5.88 Å². The molecule has 0 bridgehead atoms. The molecule has 0 radical (unpaired) electrons. The van der Waals surface area contributed by atoms with Gasteiger partial charge >= 0.3 is 12.3 Å². The molecule has 17 heavy (non-hydrogen) atoms. The number of aromatic carboxylic acids is 1. The Labute approximate surface area is 106 Å². The number of carboxylic acids is 1. The monoisotopic (exact) mass is 365 g/mol. The number of alkyl halides is 4. The summed E-state index contributed by atoms with van der Waals surface area (Å²) in [6, 6.07) is 0.762. The van der Waals surface area contributed by atoms with Gasteiger partial charge in [-0.15, -0.1) is 13.2 Å². The van der Waals surface area contributed by atoms with Crippen molar-refractivity contribution in [3.63, 3.8) is 0 Å². The Morgan fingerprint density at radius 2 is 2.12 bits per heavy atom. The summed E-state index contributed by atoms with van der Waals surface area (Å²) >= 11 is 1.42. The summed E-state index contributed by atoms with van der Waals surface area (Å²) in [6.45, 7) is -1.31. The highest BCUT2D eigenvalue weighted by Crippen LogP contribution is 2.27. The second-order valence-electron chi connectivity index (χ2n) is 2.78. The topological polar surface area (TPSA) is 59.4 Å². The minimum Gasteiger partial charge on any atom is -0.478 e. The standard InChI is InChI=1S/C8H4F4INO3/c9-2-3-1-4(7(15)16)5(13)14-6(3)17-8(10,11)12/h1H,2H2,(H,15,16). The van der Waals surface area contributed by atoms with Crippen LogP contribution in [0.2, 0.25) is 0 Å². The summed E-state index contributed by atoms with van der Waals surface area (Å²) < 4.78 is 51.6. The fraction of sp³-hybridized carbons (Fsp3) is 0.250. The lowest BCUT2D eigenvalue weighted by atomic mass is 10.2. The molecular formula is C8H4F4INO3. The summed E-state index contributed by atoms with van der Waals surface area (Å²) in [5, 5.41) is 8.68. The summed E-state index contributed by atoms with van der Waals surface area (Å²) in [6.07, 6.45) is -5.01. The second-order valence-corrected chi connectivity index (χ2v) is 3.80. The molecule has 4 nitrogen and oxygen atoms in total. The third-order valence-corrected chi connectivity index (χ3v) is 2.42. The Bertz CT molecular complexity index is 449. The average molecular weight is 365 g/mol. The van der Waals surface area contributed by atoms with Crippen LogP contribution in [0.25, 0.3) is 0 Å². The summed E-state index contributed by atoms with van der Waals surface area (Å²) in [7, 11) is 0. The van der Waals surface area contributed by atoms with Gasteiger partial charge in [-0.25, -0.2) is 14.2 Å². The molecule has 0 aromatic carbocycles. The van der Waals surface area contributed by atoms with Gasteiger partial charge in [0.25, 0.3) is 0 Å². The van der Waals surface area contributed by atoms with Gasteiger partial charge < -0.3 is 9.84 Å². The fourth-order valence-corrected chi connectivity index (χ4v) is 1.57. The van der Waals surface area contributed by atoms with Crippen molar-refractivity contribution in [3.05, 3.63) is 20.9 Å². The number of ether oxygens (including phenoxy) is 1. The zero-order valence-corrected chi connectivity index (χ0v) is 10.0. The smallest absolute Gasteiger partial charge is 0.478 e. The molecule has 0 atom stereocenters. The van der Waals surface area contributed by atoms with Gasteiger partial charge in [0.1, 0.15) is 10.4 Å². The highest BCUT2D eigenvalue weighted by atomic mass is 127. The number of halogens is 5. The van der Waals surface area contributed by atoms with Crippen molar-refractivity contribution in [2.45, 2.75) is 13.0 Å². The quantitative estimate of drug-likeness (QED) is 0.509. The van der Waals surface area contributed by atoms with E-state index >= 15 is 0 Å². The molecule has 0 amide bonds. The first kappa shape index (κ1) is 13.9. The lowest BCUT2D eigenvalue weighted by Crippen LogP contribution is -2.20. The molecule has 1 aromatic rings. The number of hydrogen-bond donors (Lipinski definition) is 1. The minimum atomic E-state index is -5.01. The van der Waals surface area contributed by atoms with Crippen LogP contribution in [0, 0.1) is 3.70 Å². The average Bonchev–Trinajstić information content (AvgIpc) is 2.14. The number of carboxylic acid groups (broad SMARTS) is 1. The molecule has 0 fully saturated rings. The van der Waals surface area contributed by atoms with Crippen LogP contribution < -0.4 is 4.74 Å². The molecule has 0 aliphatic heterocycles. The zero-order chi connectivity index (χ0) is 13.2. The Morgan fingerprint density at radius 3 is 2.53 bits per heavy atom. The number of nitrogens with zero attached hydrogens (tertiary/aromatic N) is 1. The van der Waals surface area contributed by atoms with Crippen molar-refractivity contribution in [2.75, 3.05) is 0 Å². The van der Waals surface area contributed by atoms with Crippen molar-refractivity contribution in [1.82, 2.24) is 4.98 Å². The first-order valence-corrected chi connectivity index (χ1v) is 5.07. The number of hydrogen-bond acceptors (Lipinski definition) is 3. The Morgan fingerprint density at radius 1 is 1.53 bits per heavy atom. The largest absolute Gasteiger partial charge is 0.574 e. The van der Waals surface area contributed by atoms with Crippen molar-refractivity contribution in [3.8, 4) is 5.88 Å². The Hall–Kier alpha value is -1.13. The van der Waals surface area contributed by atoms with E-state index in [4.69, 9.17) is 5.11 Å². The molecule has 0 aliphatic carbocycles. The maximum atomic E-state index is 12.5. The van der Waals surface area contributed by atoms with Gasteiger partial charge in [-0.2, -0.15) is 0 Å². The molecule has 0 spiro atoms. The Balaban J connectivity index is 3.24. The van der Waals surface area contributed by atoms with Gasteiger partial charge in [0.15, 0.2) is 0 Å². The predicted octanol–water partition coefficient (Wildman–Crippen LogP) is 2.75. The van der Waals surface area contributed by atoms with E-state index in [9.17, 15) is 22.4 Å². The van der Waals surface area contributed by atoms with E-state index < -0.39 is 30.4 Å². The van der Waals surface area contributed by atoms with E-state index in [2.05, 4.69) is 9.72 Å². The molecule has 1 rings (SSSR count). The fourth-order valence-electron chi connectivity index (χ4n) is 0.960. The van der Waals surface area contributed by atoms with Crippen LogP contribution in [0.15, 0.2) is 6.07 Å². The number of rotatable bonds is 3. The van der Waals surface area contributed by atoms with Gasteiger partial charge in [-0.05, 0) is 28.7 Å². The van der Waals surface area contributed by atoms with E-state index in [1.165, 1.54) is 22.6 Å². The number of pyridine rings is 1. The molecule has 9 heteroatoms. The van der Waals surface area contributed by atoms with E-state index in [-0.39, 0.29) is 9.26 Å². The van der Waals surface area contributed by atoms with E-state index in [1.807, 2.05) is 0 Å². The third kappa shape index (κ3) is 3.68. The lowest BCUT2D eigenvalue weighted by Gasteiger charge is -2.11. The van der Waals surface area contributed by atoms with Crippen LogP contribution in [0.5, 0.6) is 5.88 Å². The first-order chi connectivity index (χ1) is 7.74. The molecule has 1 aromatic heterocycles. The molecule has 94 valence electrons. The van der Waals surface area contributed by atoms with Crippen molar-refractivity contribution >= 4 is 28.6 Å². The minimum absolute atomic E-state index is 0.216. The van der Waals surface area contributed by atoms with Crippen LogP contribution >= 0.6 is 22.6 Å². The molecule has 1 N–H and O–H groups in total. The first-order valence-electron chi connectivity index (χ1n) is 3.99. The van der Waals surface area contributed by atoms with Gasteiger partial charge in [-0.1, -0.05) is 0 Å². The molecule has 0 aliphatic rings. The summed E-state index contributed by atoms with van der Waals surface area (Å²) in [5.41, 5.74) is -0.951. The second kappa shape index (κ2) is 5.02. The molecule has 0 saturated carbocycles. The highest BCUT2D eigenvalue weighted by molar-refractivity contribution is 14.1. The van der Waals surface area contributed by atoms with E-state index in [0.29, 0.717) is 0 Å². The van der Waals surface area contributed by atoms with Gasteiger partial charge in [-0.3, -0.25) is 0 Å². The normalized spacial score (nSPS) is 11.4. The molecule has 1 heterocycles. The Kier molecular flexibility index (Phi) is 4.11. The van der Waals surface area contributed by atoms with Gasteiger partial charge in [0.05, 0.1) is 5.56 Å².